The van der Waals surface area contributed by atoms with E-state index in [4.69, 9.17) is 13.5 Å². The molecule has 0 aliphatic heterocycles. The third-order valence-corrected chi connectivity index (χ3v) is 3.04. The molecule has 0 radical (unpaired) electrons. The van der Waals surface area contributed by atoms with Gasteiger partial charge in [-0.1, -0.05) is 26.7 Å². The number of nitrogen functional groups attached to an aromatic ring is 1. The van der Waals surface area contributed by atoms with Gasteiger partial charge in [-0.25, -0.2) is 8.78 Å². The molecular weight excluding hydrogens is 244 g/mol. The molecule has 98 valence electrons. The molecular formula is C16H15F2N. The summed E-state index contributed by atoms with van der Waals surface area (Å²) >= 11 is 0. The van der Waals surface area contributed by atoms with Crippen LogP contribution in [0.15, 0.2) is 18.2 Å². The maximum Gasteiger partial charge on any atom is 0.142 e. The minimum Gasteiger partial charge on any atom is -0.399 e. The molecule has 0 atom stereocenters. The second-order valence-corrected chi connectivity index (χ2v) is 5.51. The van der Waals surface area contributed by atoms with Crippen molar-refractivity contribution in [1.29, 1.82) is 0 Å². The van der Waals surface area contributed by atoms with Gasteiger partial charge < -0.3 is 5.73 Å². The third-order valence-electron chi connectivity index (χ3n) is 3.04. The molecule has 2 aromatic rings. The predicted octanol–water partition coefficient (Wildman–Crippen LogP) is 3.98. The zero-order chi connectivity index (χ0) is 15.2. The normalized spacial score (nSPS) is 12.3. The van der Waals surface area contributed by atoms with E-state index in [1.54, 1.807) is 6.07 Å². The first-order valence-electron chi connectivity index (χ1n) is 6.36. The molecule has 0 heterocycles. The highest BCUT2D eigenvalue weighted by Crippen LogP contribution is 2.36. The summed E-state index contributed by atoms with van der Waals surface area (Å²) in [6.45, 7) is 5.73. The van der Waals surface area contributed by atoms with Gasteiger partial charge in [-0.15, -0.1) is 6.42 Å². The van der Waals surface area contributed by atoms with Crippen LogP contribution in [-0.4, -0.2) is 0 Å². The lowest BCUT2D eigenvalue weighted by Crippen LogP contribution is -2.13. The van der Waals surface area contributed by atoms with E-state index < -0.39 is 17.7 Å². The minimum atomic E-state index is -1.01. The first kappa shape index (κ1) is 12.0. The lowest BCUT2D eigenvalue weighted by atomic mass is 9.82. The third kappa shape index (κ3) is 2.15. The van der Waals surface area contributed by atoms with Crippen LogP contribution >= 0.6 is 0 Å². The molecule has 0 aliphatic rings. The van der Waals surface area contributed by atoms with E-state index in [1.807, 2.05) is 20.8 Å². The lowest BCUT2D eigenvalue weighted by molar-refractivity contribution is 0.582. The maximum atomic E-state index is 14.2. The van der Waals surface area contributed by atoms with Crippen molar-refractivity contribution >= 4 is 16.5 Å². The van der Waals surface area contributed by atoms with Gasteiger partial charge in [0, 0.05) is 22.5 Å². The Kier molecular flexibility index (Phi) is 2.67. The van der Waals surface area contributed by atoms with E-state index in [0.29, 0.717) is 16.6 Å². The van der Waals surface area contributed by atoms with Gasteiger partial charge in [-0.2, -0.15) is 0 Å². The van der Waals surface area contributed by atoms with Crippen LogP contribution in [0.3, 0.4) is 0 Å². The highest BCUT2D eigenvalue weighted by Gasteiger charge is 2.22. The van der Waals surface area contributed by atoms with Crippen molar-refractivity contribution in [3.05, 3.63) is 40.9 Å². The van der Waals surface area contributed by atoms with E-state index in [1.165, 1.54) is 6.07 Å². The van der Waals surface area contributed by atoms with Crippen molar-refractivity contribution in [1.82, 2.24) is 0 Å². The highest BCUT2D eigenvalue weighted by molar-refractivity contribution is 5.94. The summed E-state index contributed by atoms with van der Waals surface area (Å²) < 4.78 is 35.7. The smallest absolute Gasteiger partial charge is 0.142 e. The molecule has 0 bridgehead atoms. The maximum absolute atomic E-state index is 14.2. The van der Waals surface area contributed by atoms with Gasteiger partial charge in [-0.05, 0) is 23.1 Å². The topological polar surface area (TPSA) is 26.0 Å². The Balaban J connectivity index is 3.15. The molecule has 2 aromatic carbocycles. The molecule has 0 aliphatic carbocycles. The summed E-state index contributed by atoms with van der Waals surface area (Å²) in [5.74, 6) is 0.293. The average molecular weight is 260 g/mol. The molecule has 0 aromatic heterocycles. The molecule has 19 heavy (non-hydrogen) atoms. The van der Waals surface area contributed by atoms with Crippen LogP contribution < -0.4 is 5.73 Å². The fourth-order valence-electron chi connectivity index (χ4n) is 2.17. The standard InChI is InChI=1S/C16H15F2N/c1-5-10-13(17)8-14(18)11-6-9(19)7-12(15(10)11)16(2,3)4/h1,6-8H,19H2,2-4H3/i8D. The number of rotatable bonds is 0. The summed E-state index contributed by atoms with van der Waals surface area (Å²) in [5.41, 5.74) is 6.34. The molecule has 0 fully saturated rings. The van der Waals surface area contributed by atoms with E-state index >= 15 is 0 Å². The summed E-state index contributed by atoms with van der Waals surface area (Å²) in [5, 5.41) is 0.412. The predicted molar refractivity (Wildman–Crippen MR) is 74.9 cm³/mol. The van der Waals surface area contributed by atoms with Crippen LogP contribution in [0, 0.1) is 24.0 Å². The first-order chi connectivity index (χ1) is 9.18. The van der Waals surface area contributed by atoms with Crippen molar-refractivity contribution in [2.45, 2.75) is 26.2 Å². The van der Waals surface area contributed by atoms with Gasteiger partial charge in [0.05, 0.1) is 6.93 Å². The van der Waals surface area contributed by atoms with Crippen molar-refractivity contribution in [2.24, 2.45) is 0 Å². The number of halogens is 2. The van der Waals surface area contributed by atoms with Crippen molar-refractivity contribution in [3.63, 3.8) is 0 Å². The number of terminal acetylenes is 1. The van der Waals surface area contributed by atoms with Crippen molar-refractivity contribution in [2.75, 3.05) is 5.73 Å². The Bertz CT molecular complexity index is 752. The van der Waals surface area contributed by atoms with E-state index in [9.17, 15) is 8.78 Å². The van der Waals surface area contributed by atoms with Crippen LogP contribution in [0.5, 0.6) is 0 Å². The van der Waals surface area contributed by atoms with Gasteiger partial charge in [0.2, 0.25) is 0 Å². The summed E-state index contributed by atoms with van der Waals surface area (Å²) in [4.78, 5) is 0. The Hall–Kier alpha value is -2.08. The fraction of sp³-hybridized carbons (Fsp3) is 0.250. The lowest BCUT2D eigenvalue weighted by Gasteiger charge is -2.23. The molecule has 3 heteroatoms. The molecule has 0 saturated heterocycles. The van der Waals surface area contributed by atoms with Gasteiger partial charge in [0.25, 0.3) is 0 Å². The zero-order valence-corrected chi connectivity index (χ0v) is 11.1. The molecule has 0 unspecified atom stereocenters. The first-order valence-corrected chi connectivity index (χ1v) is 5.86. The van der Waals surface area contributed by atoms with Crippen LogP contribution in [0.25, 0.3) is 10.8 Å². The molecule has 0 spiro atoms. The van der Waals surface area contributed by atoms with Crippen LogP contribution in [-0.2, 0) is 5.41 Å². The van der Waals surface area contributed by atoms with Crippen molar-refractivity contribution < 1.29 is 10.2 Å². The zero-order valence-electron chi connectivity index (χ0n) is 12.1. The van der Waals surface area contributed by atoms with Gasteiger partial charge in [-0.3, -0.25) is 0 Å². The van der Waals surface area contributed by atoms with E-state index in [2.05, 4.69) is 5.92 Å². The Morgan fingerprint density at radius 3 is 2.42 bits per heavy atom. The van der Waals surface area contributed by atoms with Gasteiger partial charge in [0.15, 0.2) is 0 Å². The highest BCUT2D eigenvalue weighted by atomic mass is 19.1. The summed E-state index contributed by atoms with van der Waals surface area (Å²) in [6.07, 6.45) is 5.36. The second-order valence-electron chi connectivity index (χ2n) is 5.51. The van der Waals surface area contributed by atoms with Crippen molar-refractivity contribution in [3.8, 4) is 12.3 Å². The SMILES string of the molecule is [2H]c1c(F)c(C#C)c2c(C(C)(C)C)cc(N)cc2c1F. The quantitative estimate of drug-likeness (QED) is 0.562. The van der Waals surface area contributed by atoms with Crippen LogP contribution in [0.4, 0.5) is 14.5 Å². The number of hydrogen-bond acceptors (Lipinski definition) is 1. The minimum absolute atomic E-state index is 0.0867. The van der Waals surface area contributed by atoms with E-state index in [0.717, 1.165) is 0 Å². The molecule has 0 saturated carbocycles. The Morgan fingerprint density at radius 2 is 1.89 bits per heavy atom. The number of benzene rings is 2. The monoisotopic (exact) mass is 260 g/mol. The second kappa shape index (κ2) is 4.24. The molecule has 1 nitrogen and oxygen atoms in total. The largest absolute Gasteiger partial charge is 0.399 e. The van der Waals surface area contributed by atoms with Crippen LogP contribution in [0.2, 0.25) is 0 Å². The summed E-state index contributed by atoms with van der Waals surface area (Å²) in [7, 11) is 0. The number of anilines is 1. The Morgan fingerprint density at radius 1 is 1.26 bits per heavy atom. The average Bonchev–Trinajstić information content (AvgIpc) is 2.36. The Labute approximate surface area is 112 Å². The number of fused-ring (bicyclic) bond motifs is 1. The van der Waals surface area contributed by atoms with Gasteiger partial charge in [0.1, 0.15) is 11.6 Å². The summed E-state index contributed by atoms with van der Waals surface area (Å²) in [6, 6.07) is 2.24. The fourth-order valence-corrected chi connectivity index (χ4v) is 2.17. The number of hydrogen-bond donors (Lipinski definition) is 1. The van der Waals surface area contributed by atoms with Crippen LogP contribution in [0.1, 0.15) is 33.3 Å². The molecule has 0 amide bonds. The molecule has 2 rings (SSSR count). The molecule has 2 N–H and O–H groups in total. The van der Waals surface area contributed by atoms with Gasteiger partial charge >= 0.3 is 0 Å². The van der Waals surface area contributed by atoms with E-state index in [-0.39, 0.29) is 16.4 Å². The number of nitrogens with two attached hydrogens (primary N) is 1.